The molecule has 0 heterocycles. The summed E-state index contributed by atoms with van der Waals surface area (Å²) < 4.78 is 38.6. The van der Waals surface area contributed by atoms with E-state index in [0.29, 0.717) is 16.5 Å². The van der Waals surface area contributed by atoms with E-state index < -0.39 is 11.7 Å². The van der Waals surface area contributed by atoms with Gasteiger partial charge in [-0.05, 0) is 30.2 Å². The molecule has 1 rings (SSSR count). The molecule has 0 aliphatic rings. The lowest BCUT2D eigenvalue weighted by Crippen LogP contribution is -2.13. The Morgan fingerprint density at radius 2 is 1.89 bits per heavy atom. The van der Waals surface area contributed by atoms with Crippen LogP contribution in [0.3, 0.4) is 0 Å². The molecule has 0 bridgehead atoms. The lowest BCUT2D eigenvalue weighted by atomic mass is 9.99. The smallest absolute Gasteiger partial charge is 0.324 e. The molecule has 19 heavy (non-hydrogen) atoms. The molecule has 1 nitrogen and oxygen atoms in total. The van der Waals surface area contributed by atoms with Gasteiger partial charge in [-0.3, -0.25) is 0 Å². The van der Waals surface area contributed by atoms with Gasteiger partial charge < -0.3 is 5.73 Å². The van der Waals surface area contributed by atoms with Crippen LogP contribution in [0.15, 0.2) is 22.7 Å². The van der Waals surface area contributed by atoms with E-state index in [4.69, 9.17) is 5.73 Å². The number of unbranched alkanes of at least 4 members (excludes halogenated alkanes) is 3. The first-order valence-corrected chi connectivity index (χ1v) is 7.27. The van der Waals surface area contributed by atoms with Gasteiger partial charge in [0, 0.05) is 10.5 Å². The average molecular weight is 338 g/mol. The molecule has 1 aromatic rings. The average Bonchev–Trinajstić information content (AvgIpc) is 2.33. The highest BCUT2D eigenvalue weighted by Crippen LogP contribution is 2.34. The molecular weight excluding hydrogens is 319 g/mol. The number of rotatable bonds is 6. The van der Waals surface area contributed by atoms with E-state index in [1.165, 1.54) is 6.07 Å². The number of hydrogen-bond donors (Lipinski definition) is 1. The topological polar surface area (TPSA) is 26.0 Å². The van der Waals surface area contributed by atoms with Gasteiger partial charge in [0.15, 0.2) is 0 Å². The van der Waals surface area contributed by atoms with Crippen molar-refractivity contribution in [2.45, 2.75) is 51.2 Å². The van der Waals surface area contributed by atoms with E-state index in [9.17, 15) is 13.2 Å². The SMILES string of the molecule is CCCCCCC(N)c1cc(C(F)(F)F)ccc1Br. The van der Waals surface area contributed by atoms with Crippen LogP contribution in [0.2, 0.25) is 0 Å². The van der Waals surface area contributed by atoms with Crippen molar-refractivity contribution in [3.8, 4) is 0 Å². The van der Waals surface area contributed by atoms with Gasteiger partial charge in [0.2, 0.25) is 0 Å². The first-order valence-electron chi connectivity index (χ1n) is 6.48. The molecule has 2 N–H and O–H groups in total. The summed E-state index contributed by atoms with van der Waals surface area (Å²) in [4.78, 5) is 0. The molecule has 0 aliphatic heterocycles. The Morgan fingerprint density at radius 3 is 2.47 bits per heavy atom. The zero-order valence-corrected chi connectivity index (χ0v) is 12.5. The molecule has 1 aromatic carbocycles. The summed E-state index contributed by atoms with van der Waals surface area (Å²) in [5.74, 6) is 0. The Bertz CT molecular complexity index is 404. The fraction of sp³-hybridized carbons (Fsp3) is 0.571. The second kappa shape index (κ2) is 7.29. The molecule has 0 fully saturated rings. The normalized spacial score (nSPS) is 13.6. The third-order valence-corrected chi connectivity index (χ3v) is 3.81. The molecular formula is C14H19BrF3N. The number of hydrogen-bond acceptors (Lipinski definition) is 1. The van der Waals surface area contributed by atoms with Crippen LogP contribution in [0.25, 0.3) is 0 Å². The molecule has 0 aromatic heterocycles. The Labute approximate surface area is 120 Å². The van der Waals surface area contributed by atoms with Gasteiger partial charge >= 0.3 is 6.18 Å². The van der Waals surface area contributed by atoms with Gasteiger partial charge in [-0.1, -0.05) is 48.5 Å². The molecule has 0 saturated heterocycles. The van der Waals surface area contributed by atoms with Crippen molar-refractivity contribution < 1.29 is 13.2 Å². The van der Waals surface area contributed by atoms with Crippen molar-refractivity contribution in [3.63, 3.8) is 0 Å². The van der Waals surface area contributed by atoms with E-state index in [1.54, 1.807) is 0 Å². The first-order chi connectivity index (χ1) is 8.86. The number of halogens is 4. The molecule has 5 heteroatoms. The van der Waals surface area contributed by atoms with Crippen molar-refractivity contribution in [2.24, 2.45) is 5.73 Å². The highest BCUT2D eigenvalue weighted by Gasteiger charge is 2.31. The van der Waals surface area contributed by atoms with Crippen LogP contribution >= 0.6 is 15.9 Å². The summed E-state index contributed by atoms with van der Waals surface area (Å²) in [7, 11) is 0. The minimum atomic E-state index is -4.32. The minimum Gasteiger partial charge on any atom is -0.324 e. The van der Waals surface area contributed by atoms with E-state index in [-0.39, 0.29) is 6.04 Å². The third-order valence-electron chi connectivity index (χ3n) is 3.09. The third kappa shape index (κ3) is 5.15. The van der Waals surface area contributed by atoms with Gasteiger partial charge in [-0.15, -0.1) is 0 Å². The fourth-order valence-corrected chi connectivity index (χ4v) is 2.49. The van der Waals surface area contributed by atoms with Gasteiger partial charge in [-0.25, -0.2) is 0 Å². The van der Waals surface area contributed by atoms with E-state index in [0.717, 1.165) is 37.8 Å². The molecule has 108 valence electrons. The summed E-state index contributed by atoms with van der Waals surface area (Å²) in [5.41, 5.74) is 5.88. The van der Waals surface area contributed by atoms with Gasteiger partial charge in [0.25, 0.3) is 0 Å². The van der Waals surface area contributed by atoms with Gasteiger partial charge in [-0.2, -0.15) is 13.2 Å². The molecule has 0 spiro atoms. The number of nitrogens with two attached hydrogens (primary N) is 1. The summed E-state index contributed by atoms with van der Waals surface area (Å²) in [6, 6.07) is 3.28. The van der Waals surface area contributed by atoms with E-state index in [2.05, 4.69) is 22.9 Å². The molecule has 1 atom stereocenters. The largest absolute Gasteiger partial charge is 0.416 e. The fourth-order valence-electron chi connectivity index (χ4n) is 1.95. The monoisotopic (exact) mass is 337 g/mol. The van der Waals surface area contributed by atoms with E-state index >= 15 is 0 Å². The molecule has 0 saturated carbocycles. The van der Waals surface area contributed by atoms with Crippen LogP contribution in [0.4, 0.5) is 13.2 Å². The zero-order valence-electron chi connectivity index (χ0n) is 10.9. The summed E-state index contributed by atoms with van der Waals surface area (Å²) in [6.45, 7) is 2.11. The van der Waals surface area contributed by atoms with Gasteiger partial charge in [0.1, 0.15) is 0 Å². The van der Waals surface area contributed by atoms with Crippen LogP contribution in [0, 0.1) is 0 Å². The molecule has 0 radical (unpaired) electrons. The summed E-state index contributed by atoms with van der Waals surface area (Å²) in [5, 5.41) is 0. The predicted molar refractivity (Wildman–Crippen MR) is 74.8 cm³/mol. The lowest BCUT2D eigenvalue weighted by Gasteiger charge is -2.16. The first kappa shape index (κ1) is 16.5. The second-order valence-corrected chi connectivity index (χ2v) is 5.54. The summed E-state index contributed by atoms with van der Waals surface area (Å²) >= 11 is 3.27. The Hall–Kier alpha value is -0.550. The van der Waals surface area contributed by atoms with E-state index in [1.807, 2.05) is 0 Å². The lowest BCUT2D eigenvalue weighted by molar-refractivity contribution is -0.137. The van der Waals surface area contributed by atoms with Crippen molar-refractivity contribution in [1.29, 1.82) is 0 Å². The Kier molecular flexibility index (Phi) is 6.33. The quantitative estimate of drug-likeness (QED) is 0.687. The van der Waals surface area contributed by atoms with Crippen LogP contribution in [-0.2, 0) is 6.18 Å². The second-order valence-electron chi connectivity index (χ2n) is 4.69. The van der Waals surface area contributed by atoms with Crippen molar-refractivity contribution in [3.05, 3.63) is 33.8 Å². The Balaban J connectivity index is 2.75. The highest BCUT2D eigenvalue weighted by atomic mass is 79.9. The van der Waals surface area contributed by atoms with Gasteiger partial charge in [0.05, 0.1) is 5.56 Å². The predicted octanol–water partition coefficient (Wildman–Crippen LogP) is 5.44. The van der Waals surface area contributed by atoms with Crippen molar-refractivity contribution in [1.82, 2.24) is 0 Å². The Morgan fingerprint density at radius 1 is 1.21 bits per heavy atom. The molecule has 1 unspecified atom stereocenters. The van der Waals surface area contributed by atoms with Crippen molar-refractivity contribution in [2.75, 3.05) is 0 Å². The maximum atomic E-state index is 12.7. The van der Waals surface area contributed by atoms with Crippen LogP contribution in [-0.4, -0.2) is 0 Å². The van der Waals surface area contributed by atoms with Crippen LogP contribution in [0.5, 0.6) is 0 Å². The van der Waals surface area contributed by atoms with Crippen molar-refractivity contribution >= 4 is 15.9 Å². The summed E-state index contributed by atoms with van der Waals surface area (Å²) in [6.07, 6.45) is 0.661. The number of benzene rings is 1. The molecule has 0 amide bonds. The maximum Gasteiger partial charge on any atom is 0.416 e. The maximum absolute atomic E-state index is 12.7. The zero-order chi connectivity index (χ0) is 14.5. The highest BCUT2D eigenvalue weighted by molar-refractivity contribution is 9.10. The standard InChI is InChI=1S/C14H19BrF3N/c1-2-3-4-5-6-13(19)11-9-10(14(16,17)18)7-8-12(11)15/h7-9,13H,2-6,19H2,1H3. The molecule has 0 aliphatic carbocycles. The van der Waals surface area contributed by atoms with Crippen LogP contribution in [0.1, 0.15) is 56.2 Å². The minimum absolute atomic E-state index is 0.353. The van der Waals surface area contributed by atoms with Crippen LogP contribution < -0.4 is 5.73 Å². The number of alkyl halides is 3.